The van der Waals surface area contributed by atoms with Crippen molar-refractivity contribution in [1.29, 1.82) is 0 Å². The molecular formula is C14H17Cl2N3. The van der Waals surface area contributed by atoms with Crippen LogP contribution in [0.4, 0.5) is 0 Å². The van der Waals surface area contributed by atoms with Crippen LogP contribution in [0.2, 0.25) is 10.2 Å². The Balaban J connectivity index is 2.29. The Hall–Kier alpha value is -1.03. The molecule has 0 radical (unpaired) electrons. The first-order valence-electron chi connectivity index (χ1n) is 6.13. The lowest BCUT2D eigenvalue weighted by Gasteiger charge is -2.17. The Morgan fingerprint density at radius 2 is 2.11 bits per heavy atom. The van der Waals surface area contributed by atoms with Gasteiger partial charge < -0.3 is 5.32 Å². The van der Waals surface area contributed by atoms with Crippen molar-refractivity contribution >= 4 is 23.2 Å². The van der Waals surface area contributed by atoms with Crippen LogP contribution in [-0.4, -0.2) is 16.8 Å². The zero-order chi connectivity index (χ0) is 14.0. The van der Waals surface area contributed by atoms with Crippen LogP contribution in [0.1, 0.15) is 22.9 Å². The predicted molar refractivity (Wildman–Crippen MR) is 79.9 cm³/mol. The minimum Gasteiger partial charge on any atom is -0.313 e. The van der Waals surface area contributed by atoms with Gasteiger partial charge in [0.25, 0.3) is 0 Å². The lowest BCUT2D eigenvalue weighted by Crippen LogP contribution is -2.19. The molecule has 3 nitrogen and oxygen atoms in total. The van der Waals surface area contributed by atoms with E-state index in [4.69, 9.17) is 23.2 Å². The van der Waals surface area contributed by atoms with Crippen LogP contribution >= 0.6 is 23.2 Å². The van der Waals surface area contributed by atoms with Crippen LogP contribution in [0, 0.1) is 6.92 Å². The summed E-state index contributed by atoms with van der Waals surface area (Å²) in [6.45, 7) is 1.98. The summed E-state index contributed by atoms with van der Waals surface area (Å²) in [6, 6.07) is 8.04. The molecule has 2 aromatic rings. The van der Waals surface area contributed by atoms with E-state index in [0.717, 1.165) is 28.3 Å². The van der Waals surface area contributed by atoms with Crippen molar-refractivity contribution in [3.63, 3.8) is 0 Å². The van der Waals surface area contributed by atoms with Crippen molar-refractivity contribution < 1.29 is 0 Å². The highest BCUT2D eigenvalue weighted by Gasteiger charge is 2.17. The number of hydrogen-bond donors (Lipinski definition) is 1. The number of aryl methyl sites for hydroxylation is 2. The number of nitrogens with one attached hydrogen (secondary N) is 1. The van der Waals surface area contributed by atoms with Gasteiger partial charge in [0.05, 0.1) is 5.69 Å². The lowest BCUT2D eigenvalue weighted by atomic mass is 9.99. The summed E-state index contributed by atoms with van der Waals surface area (Å²) in [5.74, 6) is 0. The van der Waals surface area contributed by atoms with Gasteiger partial charge in [-0.25, -0.2) is 0 Å². The van der Waals surface area contributed by atoms with E-state index in [1.54, 1.807) is 4.68 Å². The molecule has 0 aliphatic heterocycles. The molecule has 0 spiro atoms. The second kappa shape index (κ2) is 5.95. The third-order valence-electron chi connectivity index (χ3n) is 3.28. The fourth-order valence-corrected chi connectivity index (χ4v) is 2.67. The van der Waals surface area contributed by atoms with Gasteiger partial charge in [-0.3, -0.25) is 4.68 Å². The number of halogens is 2. The SMILES string of the molecule is CNC(Cc1c(C)nn(C)c1Cl)c1cccc(Cl)c1. The molecule has 0 fully saturated rings. The zero-order valence-corrected chi connectivity index (χ0v) is 12.8. The van der Waals surface area contributed by atoms with Gasteiger partial charge >= 0.3 is 0 Å². The maximum absolute atomic E-state index is 6.28. The van der Waals surface area contributed by atoms with Crippen LogP contribution in [-0.2, 0) is 13.5 Å². The molecule has 19 heavy (non-hydrogen) atoms. The molecule has 2 rings (SSSR count). The average molecular weight is 298 g/mol. The summed E-state index contributed by atoms with van der Waals surface area (Å²) in [6.07, 6.45) is 0.787. The van der Waals surface area contributed by atoms with Gasteiger partial charge in [0.1, 0.15) is 5.15 Å². The van der Waals surface area contributed by atoms with Gasteiger partial charge in [0, 0.05) is 23.7 Å². The Morgan fingerprint density at radius 3 is 2.63 bits per heavy atom. The van der Waals surface area contributed by atoms with E-state index in [0.29, 0.717) is 5.15 Å². The van der Waals surface area contributed by atoms with Crippen LogP contribution in [0.5, 0.6) is 0 Å². The highest BCUT2D eigenvalue weighted by atomic mass is 35.5. The standard InChI is InChI=1S/C14H17Cl2N3/c1-9-12(14(16)19(3)18-9)8-13(17-2)10-5-4-6-11(15)7-10/h4-7,13,17H,8H2,1-3H3. The van der Waals surface area contributed by atoms with Gasteiger partial charge in [-0.2, -0.15) is 5.10 Å². The topological polar surface area (TPSA) is 29.9 Å². The Kier molecular flexibility index (Phi) is 4.50. The van der Waals surface area contributed by atoms with Gasteiger partial charge in [-0.1, -0.05) is 35.3 Å². The second-order valence-electron chi connectivity index (χ2n) is 4.58. The predicted octanol–water partition coefficient (Wildman–Crippen LogP) is 3.54. The molecule has 1 heterocycles. The van der Waals surface area contributed by atoms with Gasteiger partial charge in [0.2, 0.25) is 0 Å². The fourth-order valence-electron chi connectivity index (χ4n) is 2.22. The Labute approximate surface area is 123 Å². The molecule has 0 amide bonds. The number of likely N-dealkylation sites (N-methyl/N-ethyl adjacent to an activating group) is 1. The summed E-state index contributed by atoms with van der Waals surface area (Å²) in [4.78, 5) is 0. The first-order valence-corrected chi connectivity index (χ1v) is 6.89. The normalized spacial score (nSPS) is 12.7. The van der Waals surface area contributed by atoms with Crippen molar-refractivity contribution in [2.24, 2.45) is 7.05 Å². The molecule has 5 heteroatoms. The maximum atomic E-state index is 6.28. The highest BCUT2D eigenvalue weighted by Crippen LogP contribution is 2.26. The number of nitrogens with zero attached hydrogens (tertiary/aromatic N) is 2. The summed E-state index contributed by atoms with van der Waals surface area (Å²) in [5.41, 5.74) is 3.19. The van der Waals surface area contributed by atoms with Crippen LogP contribution in [0.15, 0.2) is 24.3 Å². The van der Waals surface area contributed by atoms with E-state index in [1.807, 2.05) is 39.2 Å². The molecule has 1 N–H and O–H groups in total. The molecule has 1 aromatic carbocycles. The monoisotopic (exact) mass is 297 g/mol. The van der Waals surface area contributed by atoms with Crippen molar-refractivity contribution in [2.75, 3.05) is 7.05 Å². The smallest absolute Gasteiger partial charge is 0.130 e. The molecule has 0 bridgehead atoms. The third kappa shape index (κ3) is 3.11. The van der Waals surface area contributed by atoms with Gasteiger partial charge in [0.15, 0.2) is 0 Å². The molecule has 0 aliphatic carbocycles. The fraction of sp³-hybridized carbons (Fsp3) is 0.357. The van der Waals surface area contributed by atoms with Crippen LogP contribution < -0.4 is 5.32 Å². The number of benzene rings is 1. The van der Waals surface area contributed by atoms with E-state index in [2.05, 4.69) is 16.5 Å². The summed E-state index contributed by atoms with van der Waals surface area (Å²) >= 11 is 12.3. The summed E-state index contributed by atoms with van der Waals surface area (Å²) in [7, 11) is 3.79. The number of rotatable bonds is 4. The Bertz CT molecular complexity index is 578. The first-order chi connectivity index (χ1) is 9.02. The van der Waals surface area contributed by atoms with E-state index in [1.165, 1.54) is 0 Å². The largest absolute Gasteiger partial charge is 0.313 e. The minimum absolute atomic E-state index is 0.166. The molecule has 102 valence electrons. The quantitative estimate of drug-likeness (QED) is 0.935. The van der Waals surface area contributed by atoms with Crippen molar-refractivity contribution in [2.45, 2.75) is 19.4 Å². The van der Waals surface area contributed by atoms with Crippen LogP contribution in [0.25, 0.3) is 0 Å². The van der Waals surface area contributed by atoms with E-state index in [-0.39, 0.29) is 6.04 Å². The minimum atomic E-state index is 0.166. The third-order valence-corrected chi connectivity index (χ3v) is 3.99. The number of aromatic nitrogens is 2. The lowest BCUT2D eigenvalue weighted by molar-refractivity contribution is 0.590. The zero-order valence-electron chi connectivity index (χ0n) is 11.2. The second-order valence-corrected chi connectivity index (χ2v) is 5.37. The molecule has 0 saturated heterocycles. The van der Waals surface area contributed by atoms with E-state index >= 15 is 0 Å². The average Bonchev–Trinajstić information content (AvgIpc) is 2.61. The van der Waals surface area contributed by atoms with Crippen molar-refractivity contribution in [3.05, 3.63) is 51.3 Å². The van der Waals surface area contributed by atoms with Gasteiger partial charge in [-0.05, 0) is 38.1 Å². The maximum Gasteiger partial charge on any atom is 0.130 e. The summed E-state index contributed by atoms with van der Waals surface area (Å²) in [5, 5.41) is 9.08. The van der Waals surface area contributed by atoms with Crippen molar-refractivity contribution in [3.8, 4) is 0 Å². The molecular weight excluding hydrogens is 281 g/mol. The highest BCUT2D eigenvalue weighted by molar-refractivity contribution is 6.30. The molecule has 0 aliphatic rings. The van der Waals surface area contributed by atoms with E-state index in [9.17, 15) is 0 Å². The Morgan fingerprint density at radius 1 is 1.37 bits per heavy atom. The molecule has 1 aromatic heterocycles. The van der Waals surface area contributed by atoms with E-state index < -0.39 is 0 Å². The molecule has 1 unspecified atom stereocenters. The molecule has 0 saturated carbocycles. The van der Waals surface area contributed by atoms with Crippen LogP contribution in [0.3, 0.4) is 0 Å². The molecule has 1 atom stereocenters. The van der Waals surface area contributed by atoms with Crippen molar-refractivity contribution in [1.82, 2.24) is 15.1 Å². The first kappa shape index (κ1) is 14.4. The van der Waals surface area contributed by atoms with Gasteiger partial charge in [-0.15, -0.1) is 0 Å². The number of hydrogen-bond acceptors (Lipinski definition) is 2. The summed E-state index contributed by atoms with van der Waals surface area (Å²) < 4.78 is 1.71.